The molecule has 0 saturated heterocycles. The number of benzene rings is 3. The Balaban J connectivity index is 1.44. The van der Waals surface area contributed by atoms with E-state index in [1.165, 1.54) is 0 Å². The Morgan fingerprint density at radius 3 is 2.47 bits per heavy atom. The first kappa shape index (κ1) is 24.2. The van der Waals surface area contributed by atoms with Crippen LogP contribution in [0.25, 0.3) is 0 Å². The van der Waals surface area contributed by atoms with Crippen molar-refractivity contribution in [2.45, 2.75) is 32.2 Å². The summed E-state index contributed by atoms with van der Waals surface area (Å²) in [5, 5.41) is 3.08. The monoisotopic (exact) mass is 514 g/mol. The number of fused-ring (bicyclic) bond motifs is 5. The van der Waals surface area contributed by atoms with Crippen molar-refractivity contribution in [3.8, 4) is 23.0 Å². The van der Waals surface area contributed by atoms with E-state index in [2.05, 4.69) is 5.32 Å². The van der Waals surface area contributed by atoms with Crippen molar-refractivity contribution >= 4 is 17.5 Å². The summed E-state index contributed by atoms with van der Waals surface area (Å²) in [6, 6.07) is 16.3. The largest absolute Gasteiger partial charge is 0.490 e. The SMILES string of the molecule is CCOc1cc2c(cc1OCC)[C@H]1[C@@H](C(=O)Nc3ccc4c(c3)OCCO4)c3ccccc3C(=O)N1CC2. The zero-order chi connectivity index (χ0) is 26.2. The maximum Gasteiger partial charge on any atom is 0.254 e. The lowest BCUT2D eigenvalue weighted by molar-refractivity contribution is -0.119. The molecule has 0 bridgehead atoms. The van der Waals surface area contributed by atoms with E-state index in [-0.39, 0.29) is 11.8 Å². The van der Waals surface area contributed by atoms with Gasteiger partial charge in [0.15, 0.2) is 23.0 Å². The summed E-state index contributed by atoms with van der Waals surface area (Å²) in [5.74, 6) is 1.67. The maximum atomic E-state index is 14.1. The minimum absolute atomic E-state index is 0.0634. The lowest BCUT2D eigenvalue weighted by Gasteiger charge is -2.45. The van der Waals surface area contributed by atoms with Crippen molar-refractivity contribution in [3.05, 3.63) is 76.9 Å². The van der Waals surface area contributed by atoms with E-state index in [4.69, 9.17) is 18.9 Å². The Hall–Kier alpha value is -4.20. The summed E-state index contributed by atoms with van der Waals surface area (Å²) in [4.78, 5) is 29.5. The Morgan fingerprint density at radius 2 is 1.68 bits per heavy atom. The second-order valence-electron chi connectivity index (χ2n) is 9.47. The molecule has 2 amide bonds. The van der Waals surface area contributed by atoms with Crippen LogP contribution in [0.3, 0.4) is 0 Å². The molecule has 38 heavy (non-hydrogen) atoms. The van der Waals surface area contributed by atoms with Crippen molar-refractivity contribution in [3.63, 3.8) is 0 Å². The molecule has 8 heteroatoms. The van der Waals surface area contributed by atoms with Crippen molar-refractivity contribution in [1.82, 2.24) is 4.90 Å². The molecule has 0 fully saturated rings. The van der Waals surface area contributed by atoms with Crippen LogP contribution in [0.15, 0.2) is 54.6 Å². The van der Waals surface area contributed by atoms with Gasteiger partial charge in [0, 0.05) is 23.9 Å². The van der Waals surface area contributed by atoms with Gasteiger partial charge < -0.3 is 29.2 Å². The lowest BCUT2D eigenvalue weighted by Crippen LogP contribution is -2.49. The van der Waals surface area contributed by atoms with Crippen LogP contribution in [0.2, 0.25) is 0 Å². The molecule has 0 aromatic heterocycles. The Kier molecular flexibility index (Phi) is 6.31. The molecule has 0 unspecified atom stereocenters. The second-order valence-corrected chi connectivity index (χ2v) is 9.47. The van der Waals surface area contributed by atoms with Gasteiger partial charge in [0.1, 0.15) is 13.2 Å². The standard InChI is InChI=1S/C30H30N2O6/c1-3-35-24-15-18-11-12-32-28(22(18)17-26(24)36-4-2)27(20-7-5-6-8-21(20)30(32)34)29(33)31-19-9-10-23-25(16-19)38-14-13-37-23/h5-10,15-17,27-28H,3-4,11-14H2,1-2H3,(H,31,33)/t27-,28-/m0/s1. The molecule has 3 aromatic rings. The van der Waals surface area contributed by atoms with E-state index >= 15 is 0 Å². The normalized spacial score (nSPS) is 19.1. The summed E-state index contributed by atoms with van der Waals surface area (Å²) in [6.07, 6.45) is 0.669. The van der Waals surface area contributed by atoms with E-state index in [1.54, 1.807) is 24.3 Å². The third-order valence-corrected chi connectivity index (χ3v) is 7.28. The molecule has 3 aliphatic rings. The van der Waals surface area contributed by atoms with Gasteiger partial charge in [-0.2, -0.15) is 0 Å². The van der Waals surface area contributed by atoms with E-state index in [9.17, 15) is 9.59 Å². The number of carbonyl (C=O) groups is 2. The molecular formula is C30H30N2O6. The van der Waals surface area contributed by atoms with Gasteiger partial charge in [-0.1, -0.05) is 18.2 Å². The summed E-state index contributed by atoms with van der Waals surface area (Å²) < 4.78 is 23.1. The van der Waals surface area contributed by atoms with Crippen molar-refractivity contribution in [2.24, 2.45) is 0 Å². The molecule has 3 aliphatic heterocycles. The highest BCUT2D eigenvalue weighted by molar-refractivity contribution is 6.04. The molecule has 0 radical (unpaired) electrons. The van der Waals surface area contributed by atoms with Crippen molar-refractivity contribution in [1.29, 1.82) is 0 Å². The number of nitrogens with one attached hydrogen (secondary N) is 1. The maximum absolute atomic E-state index is 14.1. The molecule has 0 saturated carbocycles. The first-order chi connectivity index (χ1) is 18.6. The van der Waals surface area contributed by atoms with Gasteiger partial charge in [-0.05, 0) is 67.3 Å². The van der Waals surface area contributed by atoms with Crippen LogP contribution in [0, 0.1) is 0 Å². The fourth-order valence-corrected chi connectivity index (χ4v) is 5.69. The predicted octanol–water partition coefficient (Wildman–Crippen LogP) is 4.73. The predicted molar refractivity (Wildman–Crippen MR) is 142 cm³/mol. The Labute approximate surface area is 221 Å². The fourth-order valence-electron chi connectivity index (χ4n) is 5.69. The van der Waals surface area contributed by atoms with E-state index in [0.29, 0.717) is 79.2 Å². The van der Waals surface area contributed by atoms with Gasteiger partial charge in [-0.3, -0.25) is 9.59 Å². The van der Waals surface area contributed by atoms with Crippen molar-refractivity contribution < 1.29 is 28.5 Å². The first-order valence-corrected chi connectivity index (χ1v) is 13.1. The number of carbonyl (C=O) groups excluding carboxylic acids is 2. The van der Waals surface area contributed by atoms with Gasteiger partial charge >= 0.3 is 0 Å². The molecule has 1 N–H and O–H groups in total. The van der Waals surface area contributed by atoms with E-state index in [1.807, 2.05) is 49.1 Å². The minimum atomic E-state index is -0.622. The zero-order valence-electron chi connectivity index (χ0n) is 21.5. The molecule has 3 aromatic carbocycles. The van der Waals surface area contributed by atoms with Crippen LogP contribution in [-0.2, 0) is 11.2 Å². The van der Waals surface area contributed by atoms with Crippen molar-refractivity contribution in [2.75, 3.05) is 38.3 Å². The van der Waals surface area contributed by atoms with Gasteiger partial charge in [-0.25, -0.2) is 0 Å². The highest BCUT2D eigenvalue weighted by Crippen LogP contribution is 2.48. The zero-order valence-corrected chi connectivity index (χ0v) is 21.5. The molecule has 3 heterocycles. The summed E-state index contributed by atoms with van der Waals surface area (Å²) in [7, 11) is 0. The quantitative estimate of drug-likeness (QED) is 0.512. The molecule has 2 atom stereocenters. The Bertz CT molecular complexity index is 1400. The third-order valence-electron chi connectivity index (χ3n) is 7.28. The topological polar surface area (TPSA) is 86.3 Å². The fraction of sp³-hybridized carbons (Fsp3) is 0.333. The highest BCUT2D eigenvalue weighted by Gasteiger charge is 2.46. The highest BCUT2D eigenvalue weighted by atomic mass is 16.6. The van der Waals surface area contributed by atoms with Gasteiger partial charge in [0.25, 0.3) is 5.91 Å². The molecule has 8 nitrogen and oxygen atoms in total. The van der Waals surface area contributed by atoms with Gasteiger partial charge in [0.2, 0.25) is 5.91 Å². The van der Waals surface area contributed by atoms with Crippen LogP contribution in [0.1, 0.15) is 52.9 Å². The van der Waals surface area contributed by atoms with Crippen LogP contribution in [0.4, 0.5) is 5.69 Å². The average molecular weight is 515 g/mol. The molecule has 6 rings (SSSR count). The smallest absolute Gasteiger partial charge is 0.254 e. The van der Waals surface area contributed by atoms with E-state index < -0.39 is 12.0 Å². The summed E-state index contributed by atoms with van der Waals surface area (Å²) in [5.41, 5.74) is 3.85. The van der Waals surface area contributed by atoms with Gasteiger partial charge in [0.05, 0.1) is 25.2 Å². The lowest BCUT2D eigenvalue weighted by atomic mass is 9.75. The number of hydrogen-bond acceptors (Lipinski definition) is 6. The summed E-state index contributed by atoms with van der Waals surface area (Å²) in [6.45, 7) is 6.32. The second kappa shape index (κ2) is 9.93. The number of amides is 2. The third kappa shape index (κ3) is 4.10. The van der Waals surface area contributed by atoms with Crippen LogP contribution in [0.5, 0.6) is 23.0 Å². The average Bonchev–Trinajstić information content (AvgIpc) is 2.94. The molecule has 0 spiro atoms. The van der Waals surface area contributed by atoms with Crippen LogP contribution < -0.4 is 24.3 Å². The molecular weight excluding hydrogens is 484 g/mol. The van der Waals surface area contributed by atoms with Gasteiger partial charge in [-0.15, -0.1) is 0 Å². The first-order valence-electron chi connectivity index (χ1n) is 13.1. The van der Waals surface area contributed by atoms with E-state index in [0.717, 1.165) is 11.1 Å². The molecule has 196 valence electrons. The number of rotatable bonds is 6. The molecule has 0 aliphatic carbocycles. The summed E-state index contributed by atoms with van der Waals surface area (Å²) >= 11 is 0. The van der Waals surface area contributed by atoms with Crippen LogP contribution in [-0.4, -0.2) is 49.7 Å². The number of ether oxygens (including phenoxy) is 4. The number of anilines is 1. The number of hydrogen-bond donors (Lipinski definition) is 1. The minimum Gasteiger partial charge on any atom is -0.490 e. The number of nitrogens with zero attached hydrogens (tertiary/aromatic N) is 1. The Morgan fingerprint density at radius 1 is 0.947 bits per heavy atom. The van der Waals surface area contributed by atoms with Crippen LogP contribution >= 0.6 is 0 Å².